The third-order valence-electron chi connectivity index (χ3n) is 2.33. The van der Waals surface area contributed by atoms with E-state index in [4.69, 9.17) is 5.73 Å². The second kappa shape index (κ2) is 5.43. The molecule has 0 saturated heterocycles. The molecule has 5 heteroatoms. The Balaban J connectivity index is 2.04. The summed E-state index contributed by atoms with van der Waals surface area (Å²) in [6.07, 6.45) is 1.59. The molecule has 0 saturated carbocycles. The highest BCUT2D eigenvalue weighted by atomic mass is 32.2. The first kappa shape index (κ1) is 11.6. The standard InChI is InChI=1S/C11H13N3S2/c1-8-4-9(5-12)2-3-10(8)6-15-11-13-7-14-16-11/h2-4,7H,5-6,12H2,1H3. The smallest absolute Gasteiger partial charge is 0.170 e. The van der Waals surface area contributed by atoms with Crippen LogP contribution in [0.3, 0.4) is 0 Å². The number of hydrogen-bond donors (Lipinski definition) is 1. The van der Waals surface area contributed by atoms with Gasteiger partial charge in [-0.15, -0.1) is 0 Å². The molecule has 84 valence electrons. The summed E-state index contributed by atoms with van der Waals surface area (Å²) in [4.78, 5) is 4.15. The minimum atomic E-state index is 0.602. The van der Waals surface area contributed by atoms with E-state index in [1.165, 1.54) is 28.2 Å². The molecule has 1 aromatic heterocycles. The zero-order valence-corrected chi connectivity index (χ0v) is 10.6. The molecule has 0 spiro atoms. The van der Waals surface area contributed by atoms with Crippen LogP contribution in [0.15, 0.2) is 28.9 Å². The summed E-state index contributed by atoms with van der Waals surface area (Å²) in [5, 5.41) is 0. The molecular weight excluding hydrogens is 238 g/mol. The van der Waals surface area contributed by atoms with E-state index in [9.17, 15) is 0 Å². The highest BCUT2D eigenvalue weighted by Crippen LogP contribution is 2.25. The number of nitrogens with zero attached hydrogens (tertiary/aromatic N) is 2. The second-order valence-corrected chi connectivity index (χ2v) is 5.46. The molecule has 0 bridgehead atoms. The van der Waals surface area contributed by atoms with Crippen LogP contribution >= 0.6 is 23.3 Å². The Morgan fingerprint density at radius 3 is 2.94 bits per heavy atom. The minimum absolute atomic E-state index is 0.602. The van der Waals surface area contributed by atoms with Crippen LogP contribution in [0, 0.1) is 6.92 Å². The van der Waals surface area contributed by atoms with Crippen LogP contribution in [0.25, 0.3) is 0 Å². The van der Waals surface area contributed by atoms with E-state index < -0.39 is 0 Å². The van der Waals surface area contributed by atoms with Crippen LogP contribution in [0.4, 0.5) is 0 Å². The average molecular weight is 251 g/mol. The summed E-state index contributed by atoms with van der Waals surface area (Å²) >= 11 is 3.16. The van der Waals surface area contributed by atoms with Crippen LogP contribution in [-0.2, 0) is 12.3 Å². The van der Waals surface area contributed by atoms with Crippen molar-refractivity contribution in [3.8, 4) is 0 Å². The van der Waals surface area contributed by atoms with Crippen molar-refractivity contribution in [2.45, 2.75) is 23.6 Å². The van der Waals surface area contributed by atoms with Gasteiger partial charge in [0.1, 0.15) is 6.33 Å². The second-order valence-electron chi connectivity index (χ2n) is 3.46. The van der Waals surface area contributed by atoms with E-state index >= 15 is 0 Å². The van der Waals surface area contributed by atoms with E-state index in [-0.39, 0.29) is 0 Å². The molecule has 2 rings (SSSR count). The van der Waals surface area contributed by atoms with Crippen LogP contribution in [0.5, 0.6) is 0 Å². The van der Waals surface area contributed by atoms with E-state index in [1.807, 2.05) is 0 Å². The van der Waals surface area contributed by atoms with Gasteiger partial charge in [-0.2, -0.15) is 4.37 Å². The molecule has 2 aromatic rings. The van der Waals surface area contributed by atoms with Crippen molar-refractivity contribution in [3.05, 3.63) is 41.2 Å². The molecule has 0 unspecified atom stereocenters. The minimum Gasteiger partial charge on any atom is -0.326 e. The van der Waals surface area contributed by atoms with Crippen molar-refractivity contribution in [1.29, 1.82) is 0 Å². The van der Waals surface area contributed by atoms with Crippen LogP contribution in [0.1, 0.15) is 16.7 Å². The zero-order valence-electron chi connectivity index (χ0n) is 9.01. The first-order valence-corrected chi connectivity index (χ1v) is 6.73. The molecule has 0 aliphatic heterocycles. The Kier molecular flexibility index (Phi) is 3.93. The van der Waals surface area contributed by atoms with Gasteiger partial charge in [0.2, 0.25) is 0 Å². The van der Waals surface area contributed by atoms with Gasteiger partial charge >= 0.3 is 0 Å². The molecule has 0 aliphatic rings. The van der Waals surface area contributed by atoms with Gasteiger partial charge in [0.25, 0.3) is 0 Å². The van der Waals surface area contributed by atoms with Gasteiger partial charge in [0.05, 0.1) is 0 Å². The van der Waals surface area contributed by atoms with Crippen LogP contribution in [-0.4, -0.2) is 9.36 Å². The third-order valence-corrected chi connectivity index (χ3v) is 4.18. The SMILES string of the molecule is Cc1cc(CN)ccc1CSc1ncns1. The molecule has 16 heavy (non-hydrogen) atoms. The van der Waals surface area contributed by atoms with Crippen molar-refractivity contribution in [1.82, 2.24) is 9.36 Å². The van der Waals surface area contributed by atoms with Crippen molar-refractivity contribution >= 4 is 23.3 Å². The highest BCUT2D eigenvalue weighted by molar-refractivity contribution is 8.00. The Labute approximate surface area is 103 Å². The van der Waals surface area contributed by atoms with Gasteiger partial charge in [-0.3, -0.25) is 0 Å². The van der Waals surface area contributed by atoms with Gasteiger partial charge in [-0.1, -0.05) is 30.0 Å². The molecule has 0 fully saturated rings. The number of aryl methyl sites for hydroxylation is 1. The molecule has 0 radical (unpaired) electrons. The summed E-state index contributed by atoms with van der Waals surface area (Å²) in [6, 6.07) is 6.38. The lowest BCUT2D eigenvalue weighted by atomic mass is 10.1. The molecule has 2 N–H and O–H groups in total. The Bertz CT molecular complexity index is 454. The largest absolute Gasteiger partial charge is 0.326 e. The van der Waals surface area contributed by atoms with E-state index in [0.717, 1.165) is 10.1 Å². The molecule has 0 atom stereocenters. The van der Waals surface area contributed by atoms with Gasteiger partial charge < -0.3 is 5.73 Å². The Hall–Kier alpha value is -0.910. The van der Waals surface area contributed by atoms with Crippen molar-refractivity contribution < 1.29 is 0 Å². The molecule has 0 amide bonds. The van der Waals surface area contributed by atoms with Gasteiger partial charge in [0, 0.05) is 12.3 Å². The van der Waals surface area contributed by atoms with Gasteiger partial charge in [0.15, 0.2) is 4.34 Å². The molecule has 1 aromatic carbocycles. The van der Waals surface area contributed by atoms with Gasteiger partial charge in [-0.25, -0.2) is 4.98 Å². The monoisotopic (exact) mass is 251 g/mol. The number of nitrogens with two attached hydrogens (primary N) is 1. The van der Waals surface area contributed by atoms with Gasteiger partial charge in [-0.05, 0) is 35.1 Å². The summed E-state index contributed by atoms with van der Waals surface area (Å²) < 4.78 is 4.99. The van der Waals surface area contributed by atoms with E-state index in [0.29, 0.717) is 6.54 Å². The zero-order chi connectivity index (χ0) is 11.4. The molecular formula is C11H13N3S2. The predicted molar refractivity (Wildman–Crippen MR) is 68.5 cm³/mol. The Morgan fingerprint density at radius 1 is 1.44 bits per heavy atom. The number of benzene rings is 1. The first-order valence-electron chi connectivity index (χ1n) is 4.97. The third kappa shape index (κ3) is 2.81. The summed E-state index contributed by atoms with van der Waals surface area (Å²) in [5.74, 6) is 0.936. The number of aromatic nitrogens is 2. The fraction of sp³-hybridized carbons (Fsp3) is 0.273. The van der Waals surface area contributed by atoms with Crippen LogP contribution in [0.2, 0.25) is 0 Å². The van der Waals surface area contributed by atoms with E-state index in [1.54, 1.807) is 18.1 Å². The Morgan fingerprint density at radius 2 is 2.31 bits per heavy atom. The summed E-state index contributed by atoms with van der Waals surface area (Å²) in [6.45, 7) is 2.72. The number of rotatable bonds is 4. The van der Waals surface area contributed by atoms with Crippen molar-refractivity contribution in [2.75, 3.05) is 0 Å². The summed E-state index contributed by atoms with van der Waals surface area (Å²) in [5.41, 5.74) is 9.40. The fourth-order valence-electron chi connectivity index (χ4n) is 1.41. The summed E-state index contributed by atoms with van der Waals surface area (Å²) in [7, 11) is 0. The van der Waals surface area contributed by atoms with E-state index in [2.05, 4.69) is 34.5 Å². The van der Waals surface area contributed by atoms with Crippen LogP contribution < -0.4 is 5.73 Å². The quantitative estimate of drug-likeness (QED) is 0.849. The van der Waals surface area contributed by atoms with Crippen molar-refractivity contribution in [2.24, 2.45) is 5.73 Å². The maximum Gasteiger partial charge on any atom is 0.170 e. The lowest BCUT2D eigenvalue weighted by Gasteiger charge is -2.06. The molecule has 3 nitrogen and oxygen atoms in total. The first-order chi connectivity index (χ1) is 7.79. The normalized spacial score (nSPS) is 10.6. The van der Waals surface area contributed by atoms with Crippen molar-refractivity contribution in [3.63, 3.8) is 0 Å². The average Bonchev–Trinajstić information content (AvgIpc) is 2.80. The lowest BCUT2D eigenvalue weighted by molar-refractivity contribution is 1.06. The highest BCUT2D eigenvalue weighted by Gasteiger charge is 2.02. The number of hydrogen-bond acceptors (Lipinski definition) is 5. The molecule has 1 heterocycles. The fourth-order valence-corrected chi connectivity index (χ4v) is 2.93. The lowest BCUT2D eigenvalue weighted by Crippen LogP contribution is -1.97. The number of thioether (sulfide) groups is 1. The maximum atomic E-state index is 5.60. The topological polar surface area (TPSA) is 51.8 Å². The predicted octanol–water partition coefficient (Wildman–Crippen LogP) is 2.60. The maximum absolute atomic E-state index is 5.60. The molecule has 0 aliphatic carbocycles.